The van der Waals surface area contributed by atoms with Crippen LogP contribution in [0.2, 0.25) is 0 Å². The number of hydrogen-bond acceptors (Lipinski definition) is 12. The van der Waals surface area contributed by atoms with Gasteiger partial charge in [-0.05, 0) is 59.7 Å². The molecule has 1 amide bonds. The lowest BCUT2D eigenvalue weighted by atomic mass is 9.86. The number of carbonyl (C=O) groups excluding carboxylic acids is 1. The fraction of sp³-hybridized carbons (Fsp3) is 0.356. The van der Waals surface area contributed by atoms with Crippen LogP contribution in [0.15, 0.2) is 85.2 Å². The highest BCUT2D eigenvalue weighted by Gasteiger charge is 2.49. The summed E-state index contributed by atoms with van der Waals surface area (Å²) in [4.78, 5) is 23.8. The average Bonchev–Trinajstić information content (AvgIpc) is 3.97. The first kappa shape index (κ1) is 44.2. The van der Waals surface area contributed by atoms with E-state index < -0.39 is 42.1 Å². The highest BCUT2D eigenvalue weighted by Crippen LogP contribution is 2.48. The molecule has 3 aliphatic heterocycles. The zero-order valence-electron chi connectivity index (χ0n) is 35.9. The molecule has 0 spiro atoms. The number of pyridine rings is 2. The Kier molecular flexibility index (Phi) is 11.4. The van der Waals surface area contributed by atoms with Crippen LogP contribution >= 0.6 is 0 Å². The molecule has 21 heteroatoms. The van der Waals surface area contributed by atoms with E-state index in [9.17, 15) is 31.1 Å². The Labute approximate surface area is 374 Å². The van der Waals surface area contributed by atoms with Crippen LogP contribution in [0, 0.1) is 0 Å². The first-order chi connectivity index (χ1) is 31.7. The summed E-state index contributed by atoms with van der Waals surface area (Å²) in [6, 6.07) is 14.4. The van der Waals surface area contributed by atoms with Crippen molar-refractivity contribution in [3.8, 4) is 45.5 Å². The van der Waals surface area contributed by atoms with Gasteiger partial charge in [-0.3, -0.25) is 14.8 Å². The van der Waals surface area contributed by atoms with Crippen molar-refractivity contribution in [3.63, 3.8) is 0 Å². The van der Waals surface area contributed by atoms with E-state index in [0.29, 0.717) is 69.6 Å². The Balaban J connectivity index is 1.01. The minimum atomic E-state index is -4.62. The molecule has 15 nitrogen and oxygen atoms in total. The molecule has 2 aromatic carbocycles. The second kappa shape index (κ2) is 17.1. The lowest BCUT2D eigenvalue weighted by Gasteiger charge is -2.44. The molecule has 1 fully saturated rings. The van der Waals surface area contributed by atoms with Crippen LogP contribution in [-0.4, -0.2) is 101 Å². The summed E-state index contributed by atoms with van der Waals surface area (Å²) in [6.45, 7) is 0.965. The van der Waals surface area contributed by atoms with Gasteiger partial charge in [0.05, 0.1) is 63.3 Å². The second-order valence-electron chi connectivity index (χ2n) is 16.1. The van der Waals surface area contributed by atoms with Gasteiger partial charge in [0, 0.05) is 68.1 Å². The third-order valence-electron chi connectivity index (χ3n) is 12.5. The van der Waals surface area contributed by atoms with E-state index in [1.807, 2.05) is 0 Å². The van der Waals surface area contributed by atoms with Gasteiger partial charge in [-0.25, -0.2) is 9.36 Å². The largest absolute Gasteiger partial charge is 0.493 e. The van der Waals surface area contributed by atoms with Gasteiger partial charge in [-0.15, -0.1) is 0 Å². The predicted molar refractivity (Wildman–Crippen MR) is 229 cm³/mol. The number of piperazine rings is 1. The van der Waals surface area contributed by atoms with Gasteiger partial charge in [-0.2, -0.15) is 36.5 Å². The maximum atomic E-state index is 14.6. The van der Waals surface area contributed by atoms with Gasteiger partial charge in [0.15, 0.2) is 35.1 Å². The van der Waals surface area contributed by atoms with Crippen LogP contribution < -0.4 is 34.9 Å². The average molecular weight is 919 g/mol. The maximum Gasteiger partial charge on any atom is 0.410 e. The number of carbonyl (C=O) groups is 1. The van der Waals surface area contributed by atoms with Gasteiger partial charge >= 0.3 is 12.4 Å². The number of benzene rings is 2. The number of amides is 1. The normalized spacial score (nSPS) is 21.8. The van der Waals surface area contributed by atoms with E-state index >= 15 is 0 Å². The summed E-state index contributed by atoms with van der Waals surface area (Å²) in [5.41, 5.74) is 2.05. The van der Waals surface area contributed by atoms with Crippen LogP contribution in [0.25, 0.3) is 22.5 Å². The highest BCUT2D eigenvalue weighted by atomic mass is 19.4. The number of anilines is 2. The molecule has 6 aromatic rings. The molecule has 3 aliphatic rings. The van der Waals surface area contributed by atoms with E-state index in [0.717, 1.165) is 9.36 Å². The van der Waals surface area contributed by atoms with Crippen molar-refractivity contribution in [2.24, 2.45) is 0 Å². The quantitative estimate of drug-likeness (QED) is 0.0857. The molecule has 0 radical (unpaired) electrons. The number of nitrogens with one attached hydrogen (secondary N) is 3. The molecule has 66 heavy (non-hydrogen) atoms. The Morgan fingerprint density at radius 2 is 1.09 bits per heavy atom. The summed E-state index contributed by atoms with van der Waals surface area (Å²) in [5, 5.41) is 18.5. The molecule has 9 rings (SSSR count). The van der Waals surface area contributed by atoms with Crippen molar-refractivity contribution in [1.29, 1.82) is 0 Å². The summed E-state index contributed by atoms with van der Waals surface area (Å²) in [6.07, 6.45) is -6.22. The summed E-state index contributed by atoms with van der Waals surface area (Å²) >= 11 is 0. The molecular formula is C45H44F6N10O5. The minimum Gasteiger partial charge on any atom is -0.493 e. The van der Waals surface area contributed by atoms with Crippen molar-refractivity contribution < 1.29 is 50.1 Å². The molecule has 3 N–H and O–H groups in total. The number of methoxy groups -OCH3 is 4. The number of alkyl halides is 6. The van der Waals surface area contributed by atoms with Crippen molar-refractivity contribution in [1.82, 2.24) is 39.7 Å². The molecular weight excluding hydrogens is 875 g/mol. The first-order valence-corrected chi connectivity index (χ1v) is 20.8. The zero-order chi connectivity index (χ0) is 46.5. The van der Waals surface area contributed by atoms with Gasteiger partial charge < -0.3 is 39.8 Å². The van der Waals surface area contributed by atoms with E-state index in [1.54, 1.807) is 65.6 Å². The smallest absolute Gasteiger partial charge is 0.410 e. The fourth-order valence-corrected chi connectivity index (χ4v) is 9.10. The SMILES string of the molecule is COc1ccc(C2CC(C(F)(F)F)n3nc(-c4ccc(C5(c6ccc(-c7cc8n(n7)C(C(F)(F)F)CC(c7ccc(OC)c(OC)c7)N8)cn6)CNCCN5C=O)nc4)cc3N2)cc1OC. The van der Waals surface area contributed by atoms with Crippen LogP contribution in [0.5, 0.6) is 23.0 Å². The van der Waals surface area contributed by atoms with E-state index in [-0.39, 0.29) is 49.0 Å². The topological polar surface area (TPSA) is 155 Å². The number of rotatable bonds is 11. The third kappa shape index (κ3) is 7.83. The molecule has 4 aromatic heterocycles. The molecule has 1 saturated heterocycles. The lowest BCUT2D eigenvalue weighted by Crippen LogP contribution is -2.59. The van der Waals surface area contributed by atoms with Gasteiger partial charge in [-0.1, -0.05) is 12.1 Å². The number of nitrogens with zero attached hydrogens (tertiary/aromatic N) is 7. The van der Waals surface area contributed by atoms with Gasteiger partial charge in [0.2, 0.25) is 6.41 Å². The number of hydrogen-bond donors (Lipinski definition) is 3. The van der Waals surface area contributed by atoms with Crippen LogP contribution in [0.1, 0.15) is 59.5 Å². The Morgan fingerprint density at radius 1 is 0.636 bits per heavy atom. The third-order valence-corrected chi connectivity index (χ3v) is 12.5. The molecule has 0 saturated carbocycles. The zero-order valence-corrected chi connectivity index (χ0v) is 35.9. The Bertz CT molecular complexity index is 2550. The fourth-order valence-electron chi connectivity index (χ4n) is 9.10. The molecule has 0 bridgehead atoms. The Hall–Kier alpha value is -7.03. The van der Waals surface area contributed by atoms with Crippen molar-refractivity contribution in [3.05, 3.63) is 108 Å². The molecule has 0 aliphatic carbocycles. The minimum absolute atomic E-state index is 0.160. The standard InChI is InChI=1S/C45H44F6N10O5/c1-63-33-9-5-25(15-35(33)65-3)29-17-39(44(46,47)48)60-41(55-29)19-31(57-60)27-7-11-37(53-21-27)43(23-52-13-14-59(43)24-62)38-12-8-28(22-54-38)32-20-42-56-30(18-40(45(49,50)51)61(42)58-32)26-6-10-34(64-2)36(16-26)66-4/h5-12,15-16,19-22,24,29-30,39-40,52,55-56H,13-14,17-18,23H2,1-4H3. The van der Waals surface area contributed by atoms with Crippen molar-refractivity contribution in [2.45, 2.75) is 54.9 Å². The molecule has 4 atom stereocenters. The summed E-state index contributed by atoms with van der Waals surface area (Å²) in [7, 11) is 5.86. The van der Waals surface area contributed by atoms with Crippen molar-refractivity contribution >= 4 is 18.0 Å². The number of ether oxygens (including phenoxy) is 4. The van der Waals surface area contributed by atoms with Crippen molar-refractivity contribution in [2.75, 3.05) is 58.7 Å². The predicted octanol–water partition coefficient (Wildman–Crippen LogP) is 7.86. The van der Waals surface area contributed by atoms with Gasteiger partial charge in [0.25, 0.3) is 0 Å². The van der Waals surface area contributed by atoms with Gasteiger partial charge in [0.1, 0.15) is 17.2 Å². The molecule has 7 heterocycles. The summed E-state index contributed by atoms with van der Waals surface area (Å²) in [5.74, 6) is 1.98. The maximum absolute atomic E-state index is 14.6. The van der Waals surface area contributed by atoms with E-state index in [4.69, 9.17) is 28.9 Å². The highest BCUT2D eigenvalue weighted by molar-refractivity contribution is 5.66. The van der Waals surface area contributed by atoms with E-state index in [1.165, 1.54) is 53.0 Å². The van der Waals surface area contributed by atoms with Crippen LogP contribution in [-0.2, 0) is 10.3 Å². The Morgan fingerprint density at radius 3 is 1.47 bits per heavy atom. The summed E-state index contributed by atoms with van der Waals surface area (Å²) < 4.78 is 111. The van der Waals surface area contributed by atoms with Crippen LogP contribution in [0.3, 0.4) is 0 Å². The number of fused-ring (bicyclic) bond motifs is 2. The molecule has 346 valence electrons. The first-order valence-electron chi connectivity index (χ1n) is 20.8. The molecule has 4 unspecified atom stereocenters. The second-order valence-corrected chi connectivity index (χ2v) is 16.1. The van der Waals surface area contributed by atoms with E-state index in [2.05, 4.69) is 26.1 Å². The van der Waals surface area contributed by atoms with Crippen LogP contribution in [0.4, 0.5) is 38.0 Å². The number of halogens is 6. The lowest BCUT2D eigenvalue weighted by molar-refractivity contribution is -0.174. The number of aromatic nitrogens is 6. The monoisotopic (exact) mass is 918 g/mol.